The van der Waals surface area contributed by atoms with Crippen molar-refractivity contribution < 1.29 is 14.3 Å². The Balaban J connectivity index is 1.76. The first kappa shape index (κ1) is 16.5. The zero-order valence-electron chi connectivity index (χ0n) is 13.7. The Kier molecular flexibility index (Phi) is 4.90. The predicted octanol–water partition coefficient (Wildman–Crippen LogP) is 4.92. The van der Waals surface area contributed by atoms with Crippen LogP contribution < -0.4 is 0 Å². The molecule has 0 saturated carbocycles. The number of aliphatic carboxylic acids is 1. The van der Waals surface area contributed by atoms with Crippen LogP contribution in [0.25, 0.3) is 29.7 Å². The molecule has 0 atom stereocenters. The molecule has 0 aliphatic heterocycles. The number of hydrogen-bond donors (Lipinski definition) is 1. The smallest absolute Gasteiger partial charge is 0.328 e. The number of aryl methyl sites for hydroxylation is 1. The van der Waals surface area contributed by atoms with E-state index in [0.717, 1.165) is 34.2 Å². The van der Waals surface area contributed by atoms with Crippen LogP contribution in [0.4, 0.5) is 0 Å². The third kappa shape index (κ3) is 4.32. The third-order valence-electron chi connectivity index (χ3n) is 3.64. The second-order valence-corrected chi connectivity index (χ2v) is 5.50. The Hall–Kier alpha value is -3.40. The van der Waals surface area contributed by atoms with Crippen LogP contribution in [-0.2, 0) is 4.79 Å². The Labute approximate surface area is 145 Å². The number of benzene rings is 2. The zero-order chi connectivity index (χ0) is 17.6. The minimum absolute atomic E-state index is 0.604. The fourth-order valence-corrected chi connectivity index (χ4v) is 2.33. The van der Waals surface area contributed by atoms with E-state index < -0.39 is 5.97 Å². The van der Waals surface area contributed by atoms with E-state index in [2.05, 4.69) is 4.98 Å². The number of carboxylic acids is 1. The summed E-state index contributed by atoms with van der Waals surface area (Å²) in [5.74, 6) is 0.405. The summed E-state index contributed by atoms with van der Waals surface area (Å²) in [5.41, 5.74) is 3.56. The summed E-state index contributed by atoms with van der Waals surface area (Å²) in [4.78, 5) is 15.1. The van der Waals surface area contributed by atoms with Gasteiger partial charge in [0.1, 0.15) is 11.5 Å². The molecule has 0 fully saturated rings. The molecular formula is C21H17NO3. The molecule has 1 aromatic heterocycles. The van der Waals surface area contributed by atoms with Crippen LogP contribution in [0.15, 0.2) is 65.1 Å². The molecule has 0 amide bonds. The van der Waals surface area contributed by atoms with Crippen molar-refractivity contribution in [2.75, 3.05) is 0 Å². The van der Waals surface area contributed by atoms with Gasteiger partial charge in [-0.1, -0.05) is 48.5 Å². The lowest BCUT2D eigenvalue weighted by atomic mass is 10.1. The van der Waals surface area contributed by atoms with Gasteiger partial charge < -0.3 is 9.52 Å². The monoisotopic (exact) mass is 331 g/mol. The average Bonchev–Trinajstić information content (AvgIpc) is 3.00. The number of aromatic nitrogens is 1. The van der Waals surface area contributed by atoms with Crippen LogP contribution in [-0.4, -0.2) is 16.1 Å². The normalized spacial score (nSPS) is 11.4. The highest BCUT2D eigenvalue weighted by atomic mass is 16.4. The van der Waals surface area contributed by atoms with Gasteiger partial charge >= 0.3 is 5.97 Å². The molecule has 25 heavy (non-hydrogen) atoms. The highest BCUT2D eigenvalue weighted by molar-refractivity contribution is 5.85. The van der Waals surface area contributed by atoms with Crippen molar-refractivity contribution in [1.29, 1.82) is 0 Å². The van der Waals surface area contributed by atoms with Crippen molar-refractivity contribution in [2.45, 2.75) is 6.92 Å². The van der Waals surface area contributed by atoms with Gasteiger partial charge in [-0.15, -0.1) is 0 Å². The van der Waals surface area contributed by atoms with E-state index in [0.29, 0.717) is 5.89 Å². The van der Waals surface area contributed by atoms with Crippen molar-refractivity contribution in [3.63, 3.8) is 0 Å². The van der Waals surface area contributed by atoms with E-state index in [1.54, 1.807) is 6.08 Å². The molecule has 0 aliphatic rings. The lowest BCUT2D eigenvalue weighted by molar-refractivity contribution is -0.131. The Morgan fingerprint density at radius 1 is 0.960 bits per heavy atom. The Morgan fingerprint density at radius 2 is 1.60 bits per heavy atom. The van der Waals surface area contributed by atoms with E-state index in [9.17, 15) is 4.79 Å². The molecule has 0 saturated heterocycles. The second kappa shape index (κ2) is 7.45. The second-order valence-electron chi connectivity index (χ2n) is 5.50. The maximum absolute atomic E-state index is 10.5. The van der Waals surface area contributed by atoms with Gasteiger partial charge in [-0.3, -0.25) is 0 Å². The highest BCUT2D eigenvalue weighted by Gasteiger charge is 2.08. The van der Waals surface area contributed by atoms with Crippen LogP contribution in [0.1, 0.15) is 22.6 Å². The lowest BCUT2D eigenvalue weighted by Gasteiger charge is -1.95. The van der Waals surface area contributed by atoms with Crippen LogP contribution >= 0.6 is 0 Å². The predicted molar refractivity (Wildman–Crippen MR) is 98.7 cm³/mol. The SMILES string of the molecule is Cc1oc(-c2ccccc2)nc1C=Cc1ccc(C=CC(=O)O)cc1. The molecule has 2 aromatic carbocycles. The molecule has 0 bridgehead atoms. The molecule has 0 radical (unpaired) electrons. The molecular weight excluding hydrogens is 314 g/mol. The maximum atomic E-state index is 10.5. The summed E-state index contributed by atoms with van der Waals surface area (Å²) in [6, 6.07) is 17.3. The van der Waals surface area contributed by atoms with Gasteiger partial charge in [-0.05, 0) is 42.3 Å². The van der Waals surface area contributed by atoms with Crippen molar-refractivity contribution in [1.82, 2.24) is 4.98 Å². The van der Waals surface area contributed by atoms with Gasteiger partial charge in [0.15, 0.2) is 0 Å². The molecule has 0 spiro atoms. The standard InChI is InChI=1S/C21H17NO3/c1-15-19(22-21(25-15)18-5-3-2-4-6-18)13-11-16-7-9-17(10-8-16)12-14-20(23)24/h2-14H,1H3,(H,23,24). The zero-order valence-corrected chi connectivity index (χ0v) is 13.7. The minimum atomic E-state index is -0.959. The van der Waals surface area contributed by atoms with E-state index in [4.69, 9.17) is 9.52 Å². The number of carboxylic acid groups (broad SMARTS) is 1. The molecule has 1 N–H and O–H groups in total. The fourth-order valence-electron chi connectivity index (χ4n) is 2.33. The van der Waals surface area contributed by atoms with Crippen LogP contribution in [0.5, 0.6) is 0 Å². The van der Waals surface area contributed by atoms with E-state index in [-0.39, 0.29) is 0 Å². The van der Waals surface area contributed by atoms with Gasteiger partial charge in [-0.2, -0.15) is 0 Å². The first-order valence-electron chi connectivity index (χ1n) is 7.84. The first-order valence-corrected chi connectivity index (χ1v) is 7.84. The van der Waals surface area contributed by atoms with Crippen LogP contribution in [0.2, 0.25) is 0 Å². The molecule has 1 heterocycles. The number of rotatable bonds is 5. The van der Waals surface area contributed by atoms with Crippen molar-refractivity contribution in [3.05, 3.63) is 83.3 Å². The molecule has 0 aliphatic carbocycles. The Bertz CT molecular complexity index is 920. The largest absolute Gasteiger partial charge is 0.478 e. The van der Waals surface area contributed by atoms with Gasteiger partial charge in [0.2, 0.25) is 5.89 Å². The summed E-state index contributed by atoms with van der Waals surface area (Å²) < 4.78 is 5.74. The number of oxazole rings is 1. The number of carbonyl (C=O) groups is 1. The topological polar surface area (TPSA) is 63.3 Å². The first-order chi connectivity index (χ1) is 12.1. The van der Waals surface area contributed by atoms with Crippen molar-refractivity contribution >= 4 is 24.2 Å². The maximum Gasteiger partial charge on any atom is 0.328 e. The Morgan fingerprint density at radius 3 is 2.24 bits per heavy atom. The summed E-state index contributed by atoms with van der Waals surface area (Å²) in [5, 5.41) is 8.64. The third-order valence-corrected chi connectivity index (χ3v) is 3.64. The van der Waals surface area contributed by atoms with Gasteiger partial charge in [-0.25, -0.2) is 9.78 Å². The van der Waals surface area contributed by atoms with Gasteiger partial charge in [0.05, 0.1) is 0 Å². The summed E-state index contributed by atoms with van der Waals surface area (Å²) >= 11 is 0. The molecule has 124 valence electrons. The number of nitrogens with zero attached hydrogens (tertiary/aromatic N) is 1. The summed E-state index contributed by atoms with van der Waals surface area (Å²) in [6.07, 6.45) is 6.54. The average molecular weight is 331 g/mol. The molecule has 4 heteroatoms. The van der Waals surface area contributed by atoms with Crippen LogP contribution in [0.3, 0.4) is 0 Å². The summed E-state index contributed by atoms with van der Waals surface area (Å²) in [7, 11) is 0. The van der Waals surface area contributed by atoms with Crippen LogP contribution in [0, 0.1) is 6.92 Å². The highest BCUT2D eigenvalue weighted by Crippen LogP contribution is 2.22. The molecule has 3 rings (SSSR count). The quantitative estimate of drug-likeness (QED) is 0.674. The fraction of sp³-hybridized carbons (Fsp3) is 0.0476. The van der Waals surface area contributed by atoms with E-state index in [1.165, 1.54) is 0 Å². The van der Waals surface area contributed by atoms with E-state index >= 15 is 0 Å². The lowest BCUT2D eigenvalue weighted by Crippen LogP contribution is -1.85. The van der Waals surface area contributed by atoms with E-state index in [1.807, 2.05) is 73.7 Å². The molecule has 3 aromatic rings. The number of hydrogen-bond acceptors (Lipinski definition) is 3. The van der Waals surface area contributed by atoms with Crippen molar-refractivity contribution in [3.8, 4) is 11.5 Å². The van der Waals surface area contributed by atoms with Crippen molar-refractivity contribution in [2.24, 2.45) is 0 Å². The molecule has 0 unspecified atom stereocenters. The molecule has 4 nitrogen and oxygen atoms in total. The summed E-state index contributed by atoms with van der Waals surface area (Å²) in [6.45, 7) is 1.89. The van der Waals surface area contributed by atoms with Gasteiger partial charge in [0, 0.05) is 11.6 Å². The minimum Gasteiger partial charge on any atom is -0.478 e. The van der Waals surface area contributed by atoms with Gasteiger partial charge in [0.25, 0.3) is 0 Å².